The normalized spacial score (nSPS) is 17.2. The Morgan fingerprint density at radius 3 is 1.92 bits per heavy atom. The molecule has 0 fully saturated rings. The number of para-hydroxylation sites is 1. The van der Waals surface area contributed by atoms with Gasteiger partial charge in [0.25, 0.3) is 0 Å². The molecule has 2 radical (unpaired) electrons. The van der Waals surface area contributed by atoms with Crippen LogP contribution in [0.2, 0.25) is 0 Å². The molecule has 1 atom stereocenters. The fourth-order valence-electron chi connectivity index (χ4n) is 3.50. The van der Waals surface area contributed by atoms with Crippen molar-refractivity contribution in [3.63, 3.8) is 0 Å². The van der Waals surface area contributed by atoms with Crippen LogP contribution in [0.5, 0.6) is 0 Å². The number of nitrogens with zero attached hydrogens (tertiary/aromatic N) is 2. The molecule has 0 spiro atoms. The summed E-state index contributed by atoms with van der Waals surface area (Å²) in [5.74, 6) is 0. The van der Waals surface area contributed by atoms with Crippen LogP contribution in [-0.2, 0) is 0 Å². The van der Waals surface area contributed by atoms with Crippen LogP contribution in [0.1, 0.15) is 24.1 Å². The van der Waals surface area contributed by atoms with Gasteiger partial charge in [-0.05, 0) is 30.2 Å². The number of hydrogen-bond donors (Lipinski definition) is 0. The van der Waals surface area contributed by atoms with E-state index in [4.69, 9.17) is 12.8 Å². The Labute approximate surface area is 155 Å². The molecule has 1 heterocycles. The highest BCUT2D eigenvalue weighted by Gasteiger charge is 2.30. The predicted octanol–water partition coefficient (Wildman–Crippen LogP) is 5.20. The van der Waals surface area contributed by atoms with Crippen molar-refractivity contribution in [3.8, 4) is 0 Å². The van der Waals surface area contributed by atoms with Gasteiger partial charge in [0.1, 0.15) is 0 Å². The van der Waals surface area contributed by atoms with Crippen LogP contribution in [0.3, 0.4) is 0 Å². The van der Waals surface area contributed by atoms with Crippen molar-refractivity contribution in [1.29, 1.82) is 0 Å². The highest BCUT2D eigenvalue weighted by atomic mass is 15.2. The van der Waals surface area contributed by atoms with Crippen LogP contribution >= 0.6 is 0 Å². The molecule has 26 heavy (non-hydrogen) atoms. The third-order valence-corrected chi connectivity index (χ3v) is 4.71. The fourth-order valence-corrected chi connectivity index (χ4v) is 3.50. The highest BCUT2D eigenvalue weighted by Crippen LogP contribution is 2.40. The average molecular weight is 334 g/mol. The van der Waals surface area contributed by atoms with E-state index < -0.39 is 0 Å². The van der Waals surface area contributed by atoms with Gasteiger partial charge in [0.15, 0.2) is 7.85 Å². The first-order chi connectivity index (χ1) is 12.8. The lowest BCUT2D eigenvalue weighted by molar-refractivity contribution is 0.812. The van der Waals surface area contributed by atoms with Gasteiger partial charge in [-0.3, -0.25) is 0 Å². The smallest absolute Gasteiger partial charge is 0.167 e. The number of rotatable bonds is 3. The Morgan fingerprint density at radius 2 is 1.31 bits per heavy atom. The van der Waals surface area contributed by atoms with Crippen molar-refractivity contribution >= 4 is 25.0 Å². The van der Waals surface area contributed by atoms with Crippen molar-refractivity contribution in [2.24, 2.45) is 4.99 Å². The summed E-state index contributed by atoms with van der Waals surface area (Å²) in [6.07, 6.45) is 0. The van der Waals surface area contributed by atoms with Crippen molar-refractivity contribution in [3.05, 3.63) is 108 Å². The predicted molar refractivity (Wildman–Crippen MR) is 110 cm³/mol. The third-order valence-electron chi connectivity index (χ3n) is 4.71. The molecule has 1 aliphatic rings. The van der Waals surface area contributed by atoms with E-state index in [9.17, 15) is 0 Å². The molecule has 3 aromatic carbocycles. The standard InChI is InChI=1S/C23H19BN2/c1-17-21(18-11-5-2-6-12-18)25-23(24)26(20-15-9-4-10-16-20)22(17)19-13-7-3-8-14-19/h2-16,22H,1H3. The second-order valence-corrected chi connectivity index (χ2v) is 6.39. The first-order valence-corrected chi connectivity index (χ1v) is 8.75. The maximum atomic E-state index is 6.47. The summed E-state index contributed by atoms with van der Waals surface area (Å²) in [6.45, 7) is 2.14. The number of benzene rings is 3. The van der Waals surface area contributed by atoms with Gasteiger partial charge >= 0.3 is 0 Å². The Hall–Kier alpha value is -3.07. The Balaban J connectivity index is 1.90. The molecule has 3 heteroatoms. The summed E-state index contributed by atoms with van der Waals surface area (Å²) < 4.78 is 0. The Bertz CT molecular complexity index is 947. The Morgan fingerprint density at radius 1 is 0.769 bits per heavy atom. The zero-order valence-corrected chi connectivity index (χ0v) is 14.7. The number of amidine groups is 1. The van der Waals surface area contributed by atoms with E-state index in [2.05, 4.69) is 60.4 Å². The highest BCUT2D eigenvalue weighted by molar-refractivity contribution is 6.63. The van der Waals surface area contributed by atoms with Crippen molar-refractivity contribution < 1.29 is 0 Å². The van der Waals surface area contributed by atoms with Gasteiger partial charge in [0.05, 0.1) is 17.5 Å². The summed E-state index contributed by atoms with van der Waals surface area (Å²) >= 11 is 0. The summed E-state index contributed by atoms with van der Waals surface area (Å²) in [7, 11) is 6.47. The second-order valence-electron chi connectivity index (χ2n) is 6.39. The quantitative estimate of drug-likeness (QED) is 0.601. The Kier molecular flexibility index (Phi) is 4.45. The summed E-state index contributed by atoms with van der Waals surface area (Å²) in [5, 5.41) is 0. The fraction of sp³-hybridized carbons (Fsp3) is 0.0870. The van der Waals surface area contributed by atoms with Crippen LogP contribution in [0.25, 0.3) is 5.70 Å². The molecule has 2 nitrogen and oxygen atoms in total. The molecule has 1 aliphatic heterocycles. The molecule has 0 N–H and O–H groups in total. The lowest BCUT2D eigenvalue weighted by Gasteiger charge is -2.39. The maximum Gasteiger partial charge on any atom is 0.167 e. The van der Waals surface area contributed by atoms with Crippen LogP contribution in [0, 0.1) is 0 Å². The average Bonchev–Trinajstić information content (AvgIpc) is 2.71. The van der Waals surface area contributed by atoms with Gasteiger partial charge in [0, 0.05) is 11.3 Å². The molecular formula is C23H19BN2. The van der Waals surface area contributed by atoms with Crippen molar-refractivity contribution in [2.75, 3.05) is 4.90 Å². The van der Waals surface area contributed by atoms with Gasteiger partial charge in [-0.25, -0.2) is 4.99 Å². The molecule has 0 aromatic heterocycles. The first kappa shape index (κ1) is 16.4. The van der Waals surface area contributed by atoms with E-state index in [1.54, 1.807) is 0 Å². The van der Waals surface area contributed by atoms with Gasteiger partial charge in [0.2, 0.25) is 0 Å². The molecule has 124 valence electrons. The maximum absolute atomic E-state index is 6.47. The molecule has 0 amide bonds. The molecule has 3 aromatic rings. The second kappa shape index (κ2) is 7.05. The molecule has 0 saturated carbocycles. The largest absolute Gasteiger partial charge is 0.328 e. The monoisotopic (exact) mass is 334 g/mol. The van der Waals surface area contributed by atoms with Crippen LogP contribution in [0.15, 0.2) is 102 Å². The minimum absolute atomic E-state index is 0.00584. The molecule has 0 aliphatic carbocycles. The van der Waals surface area contributed by atoms with E-state index in [1.165, 1.54) is 11.1 Å². The van der Waals surface area contributed by atoms with E-state index in [0.29, 0.717) is 5.73 Å². The number of aliphatic imine (C=N–C) groups is 1. The minimum atomic E-state index is 0.00584. The number of hydrogen-bond acceptors (Lipinski definition) is 2. The van der Waals surface area contributed by atoms with Crippen molar-refractivity contribution in [1.82, 2.24) is 0 Å². The zero-order chi connectivity index (χ0) is 17.9. The van der Waals surface area contributed by atoms with Gasteiger partial charge in [-0.1, -0.05) is 78.9 Å². The zero-order valence-electron chi connectivity index (χ0n) is 14.7. The summed E-state index contributed by atoms with van der Waals surface area (Å²) in [6, 6.07) is 30.9. The SMILES string of the molecule is [B]C1=NC(c2ccccc2)=C(C)C(c2ccccc2)N1c1ccccc1. The molecule has 0 bridgehead atoms. The van der Waals surface area contributed by atoms with Crippen LogP contribution in [-0.4, -0.2) is 13.6 Å². The van der Waals surface area contributed by atoms with E-state index >= 15 is 0 Å². The molecule has 0 saturated heterocycles. The summed E-state index contributed by atoms with van der Waals surface area (Å²) in [4.78, 5) is 6.88. The summed E-state index contributed by atoms with van der Waals surface area (Å²) in [5.41, 5.74) is 5.95. The van der Waals surface area contributed by atoms with Gasteiger partial charge in [-0.2, -0.15) is 0 Å². The third kappa shape index (κ3) is 2.97. The number of anilines is 1. The van der Waals surface area contributed by atoms with Crippen LogP contribution in [0.4, 0.5) is 5.69 Å². The minimum Gasteiger partial charge on any atom is -0.328 e. The first-order valence-electron chi connectivity index (χ1n) is 8.75. The van der Waals surface area contributed by atoms with Crippen molar-refractivity contribution in [2.45, 2.75) is 13.0 Å². The topological polar surface area (TPSA) is 15.6 Å². The lowest BCUT2D eigenvalue weighted by atomic mass is 9.89. The van der Waals surface area contributed by atoms with E-state index in [-0.39, 0.29) is 6.04 Å². The van der Waals surface area contributed by atoms with Gasteiger partial charge in [-0.15, -0.1) is 0 Å². The molecular weight excluding hydrogens is 315 g/mol. The van der Waals surface area contributed by atoms with E-state index in [0.717, 1.165) is 16.9 Å². The molecule has 1 unspecified atom stereocenters. The van der Waals surface area contributed by atoms with Gasteiger partial charge < -0.3 is 4.90 Å². The van der Waals surface area contributed by atoms with E-state index in [1.807, 2.05) is 42.5 Å². The molecule has 4 rings (SSSR count). The lowest BCUT2D eigenvalue weighted by Crippen LogP contribution is -2.38. The van der Waals surface area contributed by atoms with Crippen LogP contribution < -0.4 is 4.90 Å².